The summed E-state index contributed by atoms with van der Waals surface area (Å²) in [6, 6.07) is 10.5. The SMILES string of the molecule is COc1cc(OC)c(Cl)c(-c2cc3cnc(Nc4ccc(N5CCOCC5)cc4[N+](=O)[O-])cc3n3ccnc23)c1Cl. The topological polar surface area (TPSA) is 116 Å². The van der Waals surface area contributed by atoms with Crippen LogP contribution in [-0.2, 0) is 4.74 Å². The van der Waals surface area contributed by atoms with Crippen molar-refractivity contribution < 1.29 is 19.1 Å². The Morgan fingerprint density at radius 1 is 1.02 bits per heavy atom. The van der Waals surface area contributed by atoms with Crippen LogP contribution in [0.1, 0.15) is 0 Å². The molecule has 11 nitrogen and oxygen atoms in total. The molecule has 13 heteroatoms. The number of aromatic nitrogens is 3. The standard InChI is InChI=1S/C28H24Cl2N6O5/c1-39-22-14-23(40-2)27(30)25(26(22)29)18-11-16-15-32-24(13-20(16)35-6-5-31-28(18)35)33-19-4-3-17(12-21(19)36(37)38)34-7-9-41-10-8-34/h3-6,11-15H,7-10H2,1-2H3,(H,32,33). The van der Waals surface area contributed by atoms with Crippen LogP contribution in [0.25, 0.3) is 27.7 Å². The van der Waals surface area contributed by atoms with Crippen molar-refractivity contribution in [3.63, 3.8) is 0 Å². The molecule has 3 aromatic heterocycles. The van der Waals surface area contributed by atoms with Gasteiger partial charge in [0.15, 0.2) is 0 Å². The predicted octanol–water partition coefficient (Wildman–Crippen LogP) is 6.36. The number of nitrogens with zero attached hydrogens (tertiary/aromatic N) is 5. The number of imidazole rings is 1. The third-order valence-corrected chi connectivity index (χ3v) is 7.76. The first-order valence-electron chi connectivity index (χ1n) is 12.6. The number of nitrogens with one attached hydrogen (secondary N) is 1. The van der Waals surface area contributed by atoms with E-state index < -0.39 is 4.92 Å². The maximum Gasteiger partial charge on any atom is 0.294 e. The molecular formula is C28H24Cl2N6O5. The van der Waals surface area contributed by atoms with E-state index in [9.17, 15) is 10.1 Å². The van der Waals surface area contributed by atoms with E-state index in [-0.39, 0.29) is 5.69 Å². The minimum Gasteiger partial charge on any atom is -0.495 e. The van der Waals surface area contributed by atoms with Crippen molar-refractivity contribution in [1.82, 2.24) is 14.4 Å². The van der Waals surface area contributed by atoms with Gasteiger partial charge in [-0.25, -0.2) is 9.97 Å². The van der Waals surface area contributed by atoms with Crippen molar-refractivity contribution in [1.29, 1.82) is 0 Å². The number of nitro benzene ring substituents is 1. The molecule has 0 amide bonds. The van der Waals surface area contributed by atoms with Crippen molar-refractivity contribution in [3.8, 4) is 22.6 Å². The summed E-state index contributed by atoms with van der Waals surface area (Å²) < 4.78 is 18.2. The first-order chi connectivity index (χ1) is 19.9. The number of nitro groups is 1. The molecule has 0 unspecified atom stereocenters. The van der Waals surface area contributed by atoms with E-state index in [1.807, 2.05) is 28.8 Å². The van der Waals surface area contributed by atoms with Gasteiger partial charge in [-0.2, -0.15) is 0 Å². The molecule has 0 saturated carbocycles. The van der Waals surface area contributed by atoms with Crippen molar-refractivity contribution in [2.45, 2.75) is 0 Å². The maximum absolute atomic E-state index is 12.0. The highest BCUT2D eigenvalue weighted by Crippen LogP contribution is 2.47. The van der Waals surface area contributed by atoms with Gasteiger partial charge in [-0.3, -0.25) is 14.5 Å². The van der Waals surface area contributed by atoms with Crippen molar-refractivity contribution >= 4 is 62.6 Å². The third kappa shape index (κ3) is 4.82. The number of pyridine rings is 2. The summed E-state index contributed by atoms with van der Waals surface area (Å²) in [6.07, 6.45) is 5.15. The summed E-state index contributed by atoms with van der Waals surface area (Å²) in [5, 5.41) is 16.5. The average Bonchev–Trinajstić information content (AvgIpc) is 3.49. The lowest BCUT2D eigenvalue weighted by molar-refractivity contribution is -0.383. The van der Waals surface area contributed by atoms with Gasteiger partial charge in [0.25, 0.3) is 5.69 Å². The molecule has 1 aliphatic rings. The Morgan fingerprint density at radius 3 is 2.44 bits per heavy atom. The zero-order valence-corrected chi connectivity index (χ0v) is 23.6. The summed E-state index contributed by atoms with van der Waals surface area (Å²) >= 11 is 13.4. The molecule has 1 saturated heterocycles. The molecule has 0 spiro atoms. The monoisotopic (exact) mass is 594 g/mol. The number of anilines is 3. The third-order valence-electron chi connectivity index (χ3n) is 7.01. The van der Waals surface area contributed by atoms with Gasteiger partial charge in [0, 0.05) is 72.1 Å². The number of methoxy groups -OCH3 is 2. The molecule has 2 aromatic carbocycles. The van der Waals surface area contributed by atoms with Crippen LogP contribution in [-0.4, -0.2) is 59.8 Å². The lowest BCUT2D eigenvalue weighted by Gasteiger charge is -2.28. The van der Waals surface area contributed by atoms with Gasteiger partial charge >= 0.3 is 0 Å². The number of fused-ring (bicyclic) bond motifs is 3. The molecule has 6 rings (SSSR count). The molecule has 1 N–H and O–H groups in total. The van der Waals surface area contributed by atoms with Crippen LogP contribution in [0.4, 0.5) is 22.9 Å². The molecule has 4 heterocycles. The Balaban J connectivity index is 1.43. The minimum atomic E-state index is -0.399. The van der Waals surface area contributed by atoms with Crippen LogP contribution >= 0.6 is 23.2 Å². The summed E-state index contributed by atoms with van der Waals surface area (Å²) in [5.41, 5.74) is 3.60. The maximum atomic E-state index is 12.0. The molecule has 210 valence electrons. The summed E-state index contributed by atoms with van der Waals surface area (Å²) in [7, 11) is 3.03. The predicted molar refractivity (Wildman–Crippen MR) is 158 cm³/mol. The van der Waals surface area contributed by atoms with Crippen molar-refractivity contribution in [2.24, 2.45) is 0 Å². The molecule has 1 fully saturated rings. The molecular weight excluding hydrogens is 571 g/mol. The van der Waals surface area contributed by atoms with Gasteiger partial charge in [0.2, 0.25) is 0 Å². The van der Waals surface area contributed by atoms with Crippen LogP contribution < -0.4 is 19.7 Å². The molecule has 5 aromatic rings. The number of ether oxygens (including phenoxy) is 3. The summed E-state index contributed by atoms with van der Waals surface area (Å²) in [5.74, 6) is 1.25. The first kappa shape index (κ1) is 26.9. The lowest BCUT2D eigenvalue weighted by atomic mass is 10.0. The van der Waals surface area contributed by atoms with Crippen LogP contribution in [0.5, 0.6) is 11.5 Å². The number of hydrogen-bond acceptors (Lipinski definition) is 9. The zero-order valence-electron chi connectivity index (χ0n) is 22.1. The highest BCUT2D eigenvalue weighted by molar-refractivity contribution is 6.41. The Hall–Kier alpha value is -4.32. The second-order valence-electron chi connectivity index (χ2n) is 9.27. The Labute approximate surface area is 244 Å². The first-order valence-corrected chi connectivity index (χ1v) is 13.4. The highest BCUT2D eigenvalue weighted by Gasteiger charge is 2.23. The van der Waals surface area contributed by atoms with E-state index in [1.165, 1.54) is 14.2 Å². The number of halogens is 2. The fraction of sp³-hybridized carbons (Fsp3) is 0.214. The summed E-state index contributed by atoms with van der Waals surface area (Å²) in [4.78, 5) is 22.7. The molecule has 41 heavy (non-hydrogen) atoms. The van der Waals surface area contributed by atoms with Crippen molar-refractivity contribution in [3.05, 3.63) is 75.1 Å². The van der Waals surface area contributed by atoms with Gasteiger partial charge in [-0.05, 0) is 18.2 Å². The Bertz CT molecular complexity index is 1780. The molecule has 0 atom stereocenters. The number of hydrogen-bond donors (Lipinski definition) is 1. The number of morpholine rings is 1. The largest absolute Gasteiger partial charge is 0.495 e. The van der Waals surface area contributed by atoms with Gasteiger partial charge in [0.1, 0.15) is 28.7 Å². The normalized spacial score (nSPS) is 13.5. The van der Waals surface area contributed by atoms with Crippen LogP contribution in [0.3, 0.4) is 0 Å². The summed E-state index contributed by atoms with van der Waals surface area (Å²) in [6.45, 7) is 2.53. The second-order valence-corrected chi connectivity index (χ2v) is 10.0. The minimum absolute atomic E-state index is 0.0460. The van der Waals surface area contributed by atoms with Gasteiger partial charge in [0.05, 0.1) is 47.9 Å². The fourth-order valence-electron chi connectivity index (χ4n) is 5.00. The Kier molecular flexibility index (Phi) is 7.16. The van der Waals surface area contributed by atoms with Crippen LogP contribution in [0.15, 0.2) is 55.0 Å². The van der Waals surface area contributed by atoms with Gasteiger partial charge < -0.3 is 24.4 Å². The zero-order chi connectivity index (χ0) is 28.7. The Morgan fingerprint density at radius 2 is 1.76 bits per heavy atom. The van der Waals surface area contributed by atoms with Gasteiger partial charge in [-0.1, -0.05) is 23.2 Å². The molecule has 1 aliphatic heterocycles. The van der Waals surface area contributed by atoms with E-state index in [1.54, 1.807) is 30.6 Å². The quantitative estimate of drug-likeness (QED) is 0.169. The molecule has 0 aliphatic carbocycles. The van der Waals surface area contributed by atoms with Crippen LogP contribution in [0.2, 0.25) is 10.0 Å². The van der Waals surface area contributed by atoms with Gasteiger partial charge in [-0.15, -0.1) is 0 Å². The second kappa shape index (κ2) is 10.9. The van der Waals surface area contributed by atoms with E-state index in [4.69, 9.17) is 37.4 Å². The fourth-order valence-corrected chi connectivity index (χ4v) is 5.70. The molecule has 0 bridgehead atoms. The average molecular weight is 595 g/mol. The molecule has 0 radical (unpaired) electrons. The van der Waals surface area contributed by atoms with E-state index in [0.29, 0.717) is 76.1 Å². The number of rotatable bonds is 7. The van der Waals surface area contributed by atoms with Crippen LogP contribution in [0, 0.1) is 10.1 Å². The number of benzene rings is 2. The smallest absolute Gasteiger partial charge is 0.294 e. The lowest BCUT2D eigenvalue weighted by Crippen LogP contribution is -2.36. The van der Waals surface area contributed by atoms with E-state index in [2.05, 4.69) is 20.2 Å². The highest BCUT2D eigenvalue weighted by atomic mass is 35.5. The van der Waals surface area contributed by atoms with Crippen molar-refractivity contribution in [2.75, 3.05) is 50.7 Å². The van der Waals surface area contributed by atoms with E-state index in [0.717, 1.165) is 16.6 Å². The van der Waals surface area contributed by atoms with E-state index >= 15 is 0 Å².